The van der Waals surface area contributed by atoms with E-state index in [-0.39, 0.29) is 23.1 Å². The van der Waals surface area contributed by atoms with Gasteiger partial charge in [0, 0.05) is 0 Å². The SMILES string of the molecule is NNc1cnn(Cc2ccc(F)cc2)c(=O)c1Cl. The smallest absolute Gasteiger partial charge is 0.288 e. The largest absolute Gasteiger partial charge is 0.321 e. The van der Waals surface area contributed by atoms with Gasteiger partial charge in [0.2, 0.25) is 0 Å². The number of anilines is 1. The monoisotopic (exact) mass is 268 g/mol. The zero-order valence-electron chi connectivity index (χ0n) is 9.23. The van der Waals surface area contributed by atoms with Crippen molar-refractivity contribution in [2.24, 2.45) is 5.84 Å². The maximum Gasteiger partial charge on any atom is 0.288 e. The first-order chi connectivity index (χ1) is 8.61. The normalized spacial score (nSPS) is 10.4. The first-order valence-electron chi connectivity index (χ1n) is 5.08. The first kappa shape index (κ1) is 12.5. The van der Waals surface area contributed by atoms with Gasteiger partial charge in [-0.15, -0.1) is 0 Å². The van der Waals surface area contributed by atoms with E-state index in [1.165, 1.54) is 23.0 Å². The van der Waals surface area contributed by atoms with Crippen molar-refractivity contribution in [3.05, 3.63) is 57.2 Å². The van der Waals surface area contributed by atoms with Gasteiger partial charge >= 0.3 is 0 Å². The standard InChI is InChI=1S/C11H10ClFN4O/c12-10-9(16-14)5-15-17(11(10)18)6-7-1-3-8(13)4-2-7/h1-5,16H,6,14H2. The van der Waals surface area contributed by atoms with Gasteiger partial charge in [0.15, 0.2) is 0 Å². The minimum absolute atomic E-state index is 0.0328. The molecule has 0 unspecified atom stereocenters. The van der Waals surface area contributed by atoms with E-state index in [0.717, 1.165) is 5.56 Å². The van der Waals surface area contributed by atoms with Crippen LogP contribution < -0.4 is 16.8 Å². The van der Waals surface area contributed by atoms with Gasteiger partial charge in [0.25, 0.3) is 5.56 Å². The van der Waals surface area contributed by atoms with Crippen LogP contribution in [0.5, 0.6) is 0 Å². The molecule has 1 aromatic heterocycles. The lowest BCUT2D eigenvalue weighted by Gasteiger charge is -2.07. The number of nitrogens with two attached hydrogens (primary N) is 1. The fraction of sp³-hybridized carbons (Fsp3) is 0.0909. The molecule has 94 valence electrons. The second kappa shape index (κ2) is 5.16. The molecule has 2 aromatic rings. The maximum absolute atomic E-state index is 12.7. The molecule has 0 aliphatic carbocycles. The molecule has 0 spiro atoms. The van der Waals surface area contributed by atoms with E-state index in [0.29, 0.717) is 0 Å². The molecule has 0 saturated carbocycles. The highest BCUT2D eigenvalue weighted by atomic mass is 35.5. The molecule has 0 saturated heterocycles. The molecule has 5 nitrogen and oxygen atoms in total. The predicted molar refractivity (Wildman–Crippen MR) is 66.8 cm³/mol. The summed E-state index contributed by atoms with van der Waals surface area (Å²) in [6.45, 7) is 0.212. The van der Waals surface area contributed by atoms with Crippen molar-refractivity contribution < 1.29 is 4.39 Å². The van der Waals surface area contributed by atoms with E-state index in [4.69, 9.17) is 17.4 Å². The summed E-state index contributed by atoms with van der Waals surface area (Å²) in [5.74, 6) is 4.84. The third kappa shape index (κ3) is 2.49. The fourth-order valence-corrected chi connectivity index (χ4v) is 1.64. The molecule has 7 heteroatoms. The maximum atomic E-state index is 12.7. The van der Waals surface area contributed by atoms with Crippen molar-refractivity contribution in [3.63, 3.8) is 0 Å². The van der Waals surface area contributed by atoms with Crippen molar-refractivity contribution >= 4 is 17.3 Å². The molecular formula is C11H10ClFN4O. The summed E-state index contributed by atoms with van der Waals surface area (Å²) in [4.78, 5) is 11.8. The Bertz CT molecular complexity index is 611. The van der Waals surface area contributed by atoms with Crippen LogP contribution in [0.4, 0.5) is 10.1 Å². The Hall–Kier alpha value is -1.92. The number of nitrogens with zero attached hydrogens (tertiary/aromatic N) is 2. The number of nitrogens with one attached hydrogen (secondary N) is 1. The molecule has 1 aromatic carbocycles. The molecule has 3 N–H and O–H groups in total. The van der Waals surface area contributed by atoms with Crippen LogP contribution in [-0.4, -0.2) is 9.78 Å². The summed E-state index contributed by atoms with van der Waals surface area (Å²) in [6.07, 6.45) is 1.35. The Labute approximate surface area is 107 Å². The Balaban J connectivity index is 2.33. The lowest BCUT2D eigenvalue weighted by molar-refractivity contribution is 0.619. The van der Waals surface area contributed by atoms with Gasteiger partial charge in [-0.2, -0.15) is 5.10 Å². The van der Waals surface area contributed by atoms with Gasteiger partial charge in [0.1, 0.15) is 10.8 Å². The number of hydrogen-bond donors (Lipinski definition) is 2. The zero-order chi connectivity index (χ0) is 13.1. The van der Waals surface area contributed by atoms with Crippen molar-refractivity contribution in [1.29, 1.82) is 0 Å². The van der Waals surface area contributed by atoms with Crippen LogP contribution >= 0.6 is 11.6 Å². The van der Waals surface area contributed by atoms with Crippen LogP contribution in [-0.2, 0) is 6.54 Å². The van der Waals surface area contributed by atoms with Gasteiger partial charge in [-0.1, -0.05) is 23.7 Å². The molecule has 0 amide bonds. The third-order valence-electron chi connectivity index (χ3n) is 2.39. The van der Waals surface area contributed by atoms with E-state index >= 15 is 0 Å². The van der Waals surface area contributed by atoms with E-state index in [1.54, 1.807) is 12.1 Å². The second-order valence-corrected chi connectivity index (χ2v) is 3.98. The number of rotatable bonds is 3. The highest BCUT2D eigenvalue weighted by molar-refractivity contribution is 6.32. The quantitative estimate of drug-likeness (QED) is 0.651. The summed E-state index contributed by atoms with van der Waals surface area (Å²) >= 11 is 5.81. The Morgan fingerprint density at radius 1 is 1.39 bits per heavy atom. The van der Waals surface area contributed by atoms with E-state index < -0.39 is 5.56 Å². The number of nitrogen functional groups attached to an aromatic ring is 1. The van der Waals surface area contributed by atoms with E-state index in [1.807, 2.05) is 0 Å². The first-order valence-corrected chi connectivity index (χ1v) is 5.46. The predicted octanol–water partition coefficient (Wildman–Crippen LogP) is 1.37. The molecule has 0 fully saturated rings. The Morgan fingerprint density at radius 3 is 2.67 bits per heavy atom. The topological polar surface area (TPSA) is 72.9 Å². The molecule has 0 atom stereocenters. The van der Waals surface area contributed by atoms with Crippen LogP contribution in [0.1, 0.15) is 5.56 Å². The van der Waals surface area contributed by atoms with Crippen molar-refractivity contribution in [3.8, 4) is 0 Å². The number of benzene rings is 1. The van der Waals surface area contributed by atoms with Crippen LogP contribution in [0, 0.1) is 5.82 Å². The number of halogens is 2. The van der Waals surface area contributed by atoms with Crippen molar-refractivity contribution in [1.82, 2.24) is 9.78 Å². The van der Waals surface area contributed by atoms with Crippen LogP contribution in [0.25, 0.3) is 0 Å². The van der Waals surface area contributed by atoms with Crippen LogP contribution in [0.15, 0.2) is 35.3 Å². The highest BCUT2D eigenvalue weighted by Crippen LogP contribution is 2.13. The number of aromatic nitrogens is 2. The van der Waals surface area contributed by atoms with Crippen molar-refractivity contribution in [2.75, 3.05) is 5.43 Å². The van der Waals surface area contributed by atoms with Crippen LogP contribution in [0.3, 0.4) is 0 Å². The average Bonchev–Trinajstić information content (AvgIpc) is 2.38. The second-order valence-electron chi connectivity index (χ2n) is 3.61. The minimum Gasteiger partial charge on any atom is -0.321 e. The molecule has 0 aliphatic rings. The van der Waals surface area contributed by atoms with Crippen LogP contribution in [0.2, 0.25) is 5.02 Å². The Kier molecular flexibility index (Phi) is 3.59. The molecule has 1 heterocycles. The zero-order valence-corrected chi connectivity index (χ0v) is 9.99. The van der Waals surface area contributed by atoms with Gasteiger partial charge in [-0.25, -0.2) is 9.07 Å². The summed E-state index contributed by atoms with van der Waals surface area (Å²) in [6, 6.07) is 5.79. The lowest BCUT2D eigenvalue weighted by atomic mass is 10.2. The molecule has 0 aliphatic heterocycles. The fourth-order valence-electron chi connectivity index (χ4n) is 1.44. The molecule has 0 radical (unpaired) electrons. The van der Waals surface area contributed by atoms with Gasteiger partial charge < -0.3 is 5.43 Å². The summed E-state index contributed by atoms with van der Waals surface area (Å²) in [5, 5.41) is 3.88. The minimum atomic E-state index is -0.462. The summed E-state index contributed by atoms with van der Waals surface area (Å²) in [7, 11) is 0. The summed E-state index contributed by atoms with van der Waals surface area (Å²) in [5.41, 5.74) is 2.82. The lowest BCUT2D eigenvalue weighted by Crippen LogP contribution is -2.25. The third-order valence-corrected chi connectivity index (χ3v) is 2.75. The molecule has 2 rings (SSSR count). The van der Waals surface area contributed by atoms with Crippen molar-refractivity contribution in [2.45, 2.75) is 6.54 Å². The Morgan fingerprint density at radius 2 is 2.06 bits per heavy atom. The van der Waals surface area contributed by atoms with E-state index in [9.17, 15) is 9.18 Å². The van der Waals surface area contributed by atoms with Gasteiger partial charge in [-0.3, -0.25) is 10.6 Å². The van der Waals surface area contributed by atoms with Gasteiger partial charge in [0.05, 0.1) is 18.4 Å². The average molecular weight is 269 g/mol. The molecule has 18 heavy (non-hydrogen) atoms. The number of hydrogen-bond acceptors (Lipinski definition) is 4. The molecular weight excluding hydrogens is 259 g/mol. The van der Waals surface area contributed by atoms with Gasteiger partial charge in [-0.05, 0) is 17.7 Å². The number of hydrazine groups is 1. The molecule has 0 bridgehead atoms. The van der Waals surface area contributed by atoms with E-state index in [2.05, 4.69) is 10.5 Å². The highest BCUT2D eigenvalue weighted by Gasteiger charge is 2.08. The summed E-state index contributed by atoms with van der Waals surface area (Å²) < 4.78 is 13.9.